The molecule has 2 heteroatoms. The van der Waals surface area contributed by atoms with Crippen molar-refractivity contribution in [3.63, 3.8) is 0 Å². The van der Waals surface area contributed by atoms with Gasteiger partial charge < -0.3 is 9.80 Å². The summed E-state index contributed by atoms with van der Waals surface area (Å²) in [6.45, 7) is 0. The maximum atomic E-state index is 2.50. The van der Waals surface area contributed by atoms with Gasteiger partial charge in [0.1, 0.15) is 0 Å². The minimum atomic E-state index is 0.342. The van der Waals surface area contributed by atoms with Gasteiger partial charge in [0.2, 0.25) is 0 Å². The minimum Gasteiger partial charge on any atom is -0.314 e. The Morgan fingerprint density at radius 2 is 1.23 bits per heavy atom. The summed E-state index contributed by atoms with van der Waals surface area (Å²) in [6, 6.07) is 54.2. The Hall–Kier alpha value is -5.86. The Kier molecular flexibility index (Phi) is 8.29. The third kappa shape index (κ3) is 6.13. The summed E-state index contributed by atoms with van der Waals surface area (Å²) in [5.74, 6) is 0.342. The van der Waals surface area contributed by atoms with Gasteiger partial charge in [-0.15, -0.1) is 0 Å². The lowest BCUT2D eigenvalue weighted by molar-refractivity contribution is 0.803. The Morgan fingerprint density at radius 1 is 0.562 bits per heavy atom. The summed E-state index contributed by atoms with van der Waals surface area (Å²) >= 11 is 0. The predicted molar refractivity (Wildman–Crippen MR) is 205 cm³/mol. The molecule has 0 radical (unpaired) electrons. The molecule has 0 N–H and O–H groups in total. The number of hydrogen-bond donors (Lipinski definition) is 0. The van der Waals surface area contributed by atoms with E-state index in [0.29, 0.717) is 5.92 Å². The molecule has 0 aromatic heterocycles. The number of nitrogens with zero attached hydrogens (tertiary/aromatic N) is 2. The first-order chi connectivity index (χ1) is 23.8. The second-order valence-corrected chi connectivity index (χ2v) is 12.5. The Morgan fingerprint density at radius 3 is 1.98 bits per heavy atom. The Balaban J connectivity index is 1.04. The molecule has 1 atom stereocenters. The van der Waals surface area contributed by atoms with Crippen molar-refractivity contribution >= 4 is 45.7 Å². The van der Waals surface area contributed by atoms with E-state index >= 15 is 0 Å². The highest BCUT2D eigenvalue weighted by molar-refractivity contribution is 5.96. The van der Waals surface area contributed by atoms with E-state index in [-0.39, 0.29) is 0 Å². The van der Waals surface area contributed by atoms with E-state index in [0.717, 1.165) is 36.3 Å². The lowest BCUT2D eigenvalue weighted by Gasteiger charge is -2.33. The summed E-state index contributed by atoms with van der Waals surface area (Å²) in [5.41, 5.74) is 11.2. The van der Waals surface area contributed by atoms with E-state index in [1.165, 1.54) is 44.5 Å². The van der Waals surface area contributed by atoms with Gasteiger partial charge in [-0.1, -0.05) is 133 Å². The number of benzene rings is 6. The number of rotatable bonds is 8. The second kappa shape index (κ2) is 13.5. The van der Waals surface area contributed by atoms with Crippen molar-refractivity contribution < 1.29 is 0 Å². The third-order valence-electron chi connectivity index (χ3n) is 9.41. The van der Waals surface area contributed by atoms with E-state index < -0.39 is 0 Å². The van der Waals surface area contributed by atoms with Crippen LogP contribution in [0.4, 0.5) is 22.7 Å². The van der Waals surface area contributed by atoms with Gasteiger partial charge in [0, 0.05) is 33.8 Å². The summed E-state index contributed by atoms with van der Waals surface area (Å²) in [5, 5.41) is 2.54. The first-order valence-electron chi connectivity index (χ1n) is 16.9. The van der Waals surface area contributed by atoms with Gasteiger partial charge in [0.25, 0.3) is 0 Å². The minimum absolute atomic E-state index is 0.342. The number of aryl methyl sites for hydroxylation is 1. The Bertz CT molecular complexity index is 2110. The normalized spacial score (nSPS) is 15.5. The van der Waals surface area contributed by atoms with Crippen LogP contribution in [0.25, 0.3) is 22.9 Å². The second-order valence-electron chi connectivity index (χ2n) is 12.5. The highest BCUT2D eigenvalue weighted by Crippen LogP contribution is 2.39. The van der Waals surface area contributed by atoms with Crippen LogP contribution in [0, 0.1) is 5.92 Å². The number of anilines is 4. The molecule has 1 unspecified atom stereocenters. The third-order valence-corrected chi connectivity index (χ3v) is 9.41. The topological polar surface area (TPSA) is 6.48 Å². The fourth-order valence-electron chi connectivity index (χ4n) is 6.96. The molecule has 0 spiro atoms. The average Bonchev–Trinajstić information content (AvgIpc) is 3.16. The predicted octanol–water partition coefficient (Wildman–Crippen LogP) is 12.3. The largest absolute Gasteiger partial charge is 0.314 e. The zero-order valence-electron chi connectivity index (χ0n) is 27.0. The van der Waals surface area contributed by atoms with E-state index in [1.54, 1.807) is 0 Å². The van der Waals surface area contributed by atoms with Gasteiger partial charge in [0.15, 0.2) is 0 Å². The monoisotopic (exact) mass is 618 g/mol. The molecule has 0 aliphatic heterocycles. The molecule has 0 amide bonds. The number of allylic oxidation sites excluding steroid dienone is 5. The molecule has 0 fully saturated rings. The highest BCUT2D eigenvalue weighted by atomic mass is 15.2. The molecular weight excluding hydrogens is 581 g/mol. The van der Waals surface area contributed by atoms with Crippen LogP contribution in [-0.4, -0.2) is 0 Å². The molecule has 0 saturated heterocycles. The van der Waals surface area contributed by atoms with Crippen LogP contribution in [0.5, 0.6) is 0 Å². The molecule has 0 saturated carbocycles. The SMILES string of the molecule is C1=CC(/C=C/c2ccc(N(c3ccccc3)c3ccccc3)cc2)CC=C1N(C1=Cc2ccccc2CC1)c1cccc2ccccc12. The van der Waals surface area contributed by atoms with Crippen molar-refractivity contribution in [2.45, 2.75) is 19.3 Å². The summed E-state index contributed by atoms with van der Waals surface area (Å²) in [7, 11) is 0. The first kappa shape index (κ1) is 29.5. The van der Waals surface area contributed by atoms with Crippen LogP contribution >= 0.6 is 0 Å². The van der Waals surface area contributed by atoms with Crippen molar-refractivity contribution in [2.24, 2.45) is 5.92 Å². The number of para-hydroxylation sites is 2. The zero-order valence-corrected chi connectivity index (χ0v) is 27.0. The molecular formula is C46H38N2. The molecule has 6 aromatic rings. The van der Waals surface area contributed by atoms with Gasteiger partial charge in [-0.25, -0.2) is 0 Å². The molecule has 232 valence electrons. The highest BCUT2D eigenvalue weighted by Gasteiger charge is 2.22. The van der Waals surface area contributed by atoms with Crippen LogP contribution in [0.3, 0.4) is 0 Å². The molecule has 6 aromatic carbocycles. The number of hydrogen-bond acceptors (Lipinski definition) is 2. The van der Waals surface area contributed by atoms with Crippen LogP contribution in [-0.2, 0) is 6.42 Å². The van der Waals surface area contributed by atoms with Crippen molar-refractivity contribution in [2.75, 3.05) is 9.80 Å². The fourth-order valence-corrected chi connectivity index (χ4v) is 6.96. The molecule has 48 heavy (non-hydrogen) atoms. The van der Waals surface area contributed by atoms with Crippen LogP contribution < -0.4 is 9.80 Å². The Labute approximate surface area is 283 Å². The van der Waals surface area contributed by atoms with E-state index in [1.807, 2.05) is 0 Å². The van der Waals surface area contributed by atoms with Crippen molar-refractivity contribution in [3.05, 3.63) is 204 Å². The van der Waals surface area contributed by atoms with Crippen molar-refractivity contribution in [3.8, 4) is 0 Å². The standard InChI is InChI=1S/C46H38N2/c1-3-16-40(17-4-1)47(41-18-5-2-6-19-41)42-29-24-35(25-30-42)22-23-36-26-31-43(32-27-36)48(44-33-28-37-12-7-8-14-39(37)34-44)46-21-11-15-38-13-9-10-20-45(38)46/h1-26,29-32,34,36H,27-28,33H2/b23-22+. The maximum absolute atomic E-state index is 2.50. The zero-order chi connectivity index (χ0) is 32.1. The van der Waals surface area contributed by atoms with Gasteiger partial charge in [-0.2, -0.15) is 0 Å². The molecule has 0 heterocycles. The number of fused-ring (bicyclic) bond motifs is 2. The van der Waals surface area contributed by atoms with Crippen molar-refractivity contribution in [1.29, 1.82) is 0 Å². The van der Waals surface area contributed by atoms with Gasteiger partial charge in [-0.3, -0.25) is 0 Å². The molecule has 0 bridgehead atoms. The van der Waals surface area contributed by atoms with Gasteiger partial charge >= 0.3 is 0 Å². The fraction of sp³-hybridized carbons (Fsp3) is 0.0870. The molecule has 2 aliphatic rings. The molecule has 8 rings (SSSR count). The van der Waals surface area contributed by atoms with Gasteiger partial charge in [0.05, 0.1) is 5.69 Å². The summed E-state index contributed by atoms with van der Waals surface area (Å²) < 4.78 is 0. The quantitative estimate of drug-likeness (QED) is 0.167. The smallest absolute Gasteiger partial charge is 0.0536 e. The van der Waals surface area contributed by atoms with Gasteiger partial charge in [-0.05, 0) is 102 Å². The maximum Gasteiger partial charge on any atom is 0.0536 e. The summed E-state index contributed by atoms with van der Waals surface area (Å²) in [6.07, 6.45) is 17.1. The molecule has 2 aliphatic carbocycles. The van der Waals surface area contributed by atoms with Crippen LogP contribution in [0.15, 0.2) is 187 Å². The first-order valence-corrected chi connectivity index (χ1v) is 16.9. The van der Waals surface area contributed by atoms with Crippen molar-refractivity contribution in [1.82, 2.24) is 0 Å². The lowest BCUT2D eigenvalue weighted by Crippen LogP contribution is -2.24. The molecule has 2 nitrogen and oxygen atoms in total. The van der Waals surface area contributed by atoms with Crippen LogP contribution in [0.1, 0.15) is 29.5 Å². The summed E-state index contributed by atoms with van der Waals surface area (Å²) in [4.78, 5) is 4.80. The van der Waals surface area contributed by atoms with E-state index in [9.17, 15) is 0 Å². The lowest BCUT2D eigenvalue weighted by atomic mass is 9.92. The van der Waals surface area contributed by atoms with E-state index in [4.69, 9.17) is 0 Å². The van der Waals surface area contributed by atoms with Crippen LogP contribution in [0.2, 0.25) is 0 Å². The average molecular weight is 619 g/mol. The van der Waals surface area contributed by atoms with E-state index in [2.05, 4.69) is 198 Å².